The van der Waals surface area contributed by atoms with E-state index in [4.69, 9.17) is 4.74 Å². The van der Waals surface area contributed by atoms with Gasteiger partial charge in [0.25, 0.3) is 0 Å². The van der Waals surface area contributed by atoms with Crippen LogP contribution in [-0.4, -0.2) is 116 Å². The van der Waals surface area contributed by atoms with Gasteiger partial charge in [0.1, 0.15) is 24.2 Å². The van der Waals surface area contributed by atoms with Crippen LogP contribution in [-0.2, 0) is 69.3 Å². The number of hydrogen-bond donors (Lipinski definition) is 5. The Kier molecular flexibility index (Phi) is 28.3. The second-order valence-electron chi connectivity index (χ2n) is 29.2. The maximum Gasteiger partial charge on any atom is 0.249 e. The van der Waals surface area contributed by atoms with Crippen LogP contribution in [0.5, 0.6) is 0 Å². The monoisotopic (exact) mass is 1330 g/mol. The minimum absolute atomic E-state index is 0.0417. The zero-order valence-electron chi connectivity index (χ0n) is 60.5. The molecule has 4 unspecified atom stereocenters. The topological polar surface area (TPSA) is 219 Å². The lowest BCUT2D eigenvalue weighted by Crippen LogP contribution is -2.50. The molecule has 0 bridgehead atoms. The van der Waals surface area contributed by atoms with Crippen molar-refractivity contribution >= 4 is 70.0 Å². The summed E-state index contributed by atoms with van der Waals surface area (Å²) in [5.41, 5.74) is 13.7. The Balaban J connectivity index is 0.000000209. The van der Waals surface area contributed by atoms with E-state index in [1.165, 1.54) is 28.7 Å². The third-order valence-electron chi connectivity index (χ3n) is 17.3. The van der Waals surface area contributed by atoms with Gasteiger partial charge in [-0.25, -0.2) is 0 Å². The smallest absolute Gasteiger partial charge is 0.249 e. The highest BCUT2D eigenvalue weighted by Gasteiger charge is 2.40. The van der Waals surface area contributed by atoms with Crippen molar-refractivity contribution in [1.82, 2.24) is 46.2 Å². The molecule has 12 rings (SSSR count). The molecule has 0 spiro atoms. The van der Waals surface area contributed by atoms with Gasteiger partial charge in [0.15, 0.2) is 0 Å². The fraction of sp³-hybridized carbons (Fsp3) is 0.468. The van der Waals surface area contributed by atoms with Crippen LogP contribution in [0.2, 0.25) is 0 Å². The summed E-state index contributed by atoms with van der Waals surface area (Å²) in [7, 11) is 3.67. The van der Waals surface area contributed by atoms with Crippen LogP contribution in [0, 0.1) is 22.7 Å². The van der Waals surface area contributed by atoms with Gasteiger partial charge in [-0.3, -0.25) is 59.6 Å². The highest BCUT2D eigenvalue weighted by atomic mass is 16.5. The van der Waals surface area contributed by atoms with Crippen LogP contribution >= 0.6 is 0 Å². The summed E-state index contributed by atoms with van der Waals surface area (Å²) in [5, 5.41) is 12.7. The zero-order chi connectivity index (χ0) is 72.3. The Morgan fingerprint density at radius 1 is 0.443 bits per heavy atom. The third kappa shape index (κ3) is 23.4. The number of carbonyl (C=O) groups excluding carboxylic acids is 8. The van der Waals surface area contributed by atoms with E-state index in [1.807, 2.05) is 151 Å². The highest BCUT2D eigenvalue weighted by Crippen LogP contribution is 2.38. The molecule has 0 aromatic heterocycles. The van der Waals surface area contributed by atoms with Crippen LogP contribution in [0.15, 0.2) is 123 Å². The molecule has 97 heavy (non-hydrogen) atoms. The first-order chi connectivity index (χ1) is 45.4. The molecule has 0 saturated carbocycles. The molecule has 8 aliphatic rings. The predicted molar refractivity (Wildman–Crippen MR) is 387 cm³/mol. The van der Waals surface area contributed by atoms with Crippen molar-refractivity contribution in [2.24, 2.45) is 10.8 Å². The van der Waals surface area contributed by atoms with Crippen LogP contribution in [0.1, 0.15) is 199 Å². The molecule has 0 radical (unpaired) electrons. The van der Waals surface area contributed by atoms with Crippen molar-refractivity contribution in [3.8, 4) is 11.8 Å². The molecule has 5 N–H and O–H groups in total. The number of methoxy groups -OCH3 is 1. The minimum atomic E-state index is -0.275. The van der Waals surface area contributed by atoms with E-state index in [1.54, 1.807) is 7.11 Å². The van der Waals surface area contributed by atoms with E-state index in [9.17, 15) is 38.4 Å². The van der Waals surface area contributed by atoms with E-state index < -0.39 is 0 Å². The Morgan fingerprint density at radius 3 is 0.784 bits per heavy atom. The first kappa shape index (κ1) is 78.8. The summed E-state index contributed by atoms with van der Waals surface area (Å²) in [6.07, 6.45) is 5.14. The number of nitrogens with zero attached hydrogens (tertiary/aromatic N) is 4. The fourth-order valence-electron chi connectivity index (χ4n) is 11.0. The average molecular weight is 1330 g/mol. The molecule has 4 aromatic rings. The van der Waals surface area contributed by atoms with Gasteiger partial charge in [-0.05, 0) is 130 Å². The number of hydrogen-bond acceptors (Lipinski definition) is 14. The maximum absolute atomic E-state index is 11.9. The summed E-state index contributed by atoms with van der Waals surface area (Å²) in [6.45, 7) is 48.6. The molecule has 18 heteroatoms. The molecule has 0 aliphatic carbocycles. The van der Waals surface area contributed by atoms with Crippen molar-refractivity contribution in [3.05, 3.63) is 168 Å². The summed E-state index contributed by atoms with van der Waals surface area (Å²) < 4.78 is 4.94. The number of amides is 8. The Labute approximate surface area is 577 Å². The molecule has 18 nitrogen and oxygen atoms in total. The molecular weight excluding hydrogens is 1220 g/mol. The van der Waals surface area contributed by atoms with Crippen LogP contribution < -0.4 is 26.6 Å². The first-order valence-corrected chi connectivity index (χ1v) is 33.6. The summed E-state index contributed by atoms with van der Waals surface area (Å²) >= 11 is 0. The van der Waals surface area contributed by atoms with Crippen molar-refractivity contribution < 1.29 is 43.1 Å². The molecule has 522 valence electrons. The van der Waals surface area contributed by atoms with Crippen molar-refractivity contribution in [3.63, 3.8) is 0 Å². The Bertz CT molecular complexity index is 3190. The Morgan fingerprint density at radius 2 is 0.649 bits per heavy atom. The largest absolute Gasteiger partial charge is 0.379 e. The SMILES string of the molecule is C=C1c2ccccc2CN1C1CCC(=O)NC1=O.C=C1c2ccccc2CN1C1CCC(=O)NC1=O.C=C1c2ccccc2CN1C1CCC(=O)NC1=O.C=C1c2ccccc2CN1C1CCC(=O)NC1=O.CC#CC(C)(C)C.CCC(C)(C)C.CNC(C)(C)C.COC(C)(C)C. The predicted octanol–water partition coefficient (Wildman–Crippen LogP) is 12.0. The fourth-order valence-corrected chi connectivity index (χ4v) is 11.0. The number of nitrogens with one attached hydrogen (secondary N) is 5. The number of carbonyl (C=O) groups is 8. The van der Waals surface area contributed by atoms with Crippen molar-refractivity contribution in [1.29, 1.82) is 0 Å². The van der Waals surface area contributed by atoms with Crippen LogP contribution in [0.4, 0.5) is 0 Å². The molecule has 4 aromatic carbocycles. The maximum atomic E-state index is 11.9. The number of ether oxygens (including phenoxy) is 1. The van der Waals surface area contributed by atoms with Gasteiger partial charge in [0, 0.05) is 115 Å². The number of benzene rings is 4. The molecule has 8 aliphatic heterocycles. The average Bonchev–Trinajstić information content (AvgIpc) is 1.70. The van der Waals surface area contributed by atoms with E-state index in [0.29, 0.717) is 88.5 Å². The lowest BCUT2D eigenvalue weighted by atomic mass is 9.94. The second kappa shape index (κ2) is 34.8. The molecular formula is C79H107N9O9. The quantitative estimate of drug-likeness (QED) is 0.0949. The van der Waals surface area contributed by atoms with Gasteiger partial charge >= 0.3 is 0 Å². The second-order valence-corrected chi connectivity index (χ2v) is 29.2. The lowest BCUT2D eigenvalue weighted by Gasteiger charge is -2.31. The van der Waals surface area contributed by atoms with Gasteiger partial charge in [0.05, 0.1) is 5.60 Å². The van der Waals surface area contributed by atoms with Gasteiger partial charge in [-0.2, -0.15) is 0 Å². The third-order valence-corrected chi connectivity index (χ3v) is 17.3. The van der Waals surface area contributed by atoms with Crippen molar-refractivity contribution in [2.45, 2.75) is 216 Å². The van der Waals surface area contributed by atoms with Crippen molar-refractivity contribution in [2.75, 3.05) is 14.2 Å². The highest BCUT2D eigenvalue weighted by molar-refractivity contribution is 6.03. The molecule has 8 amide bonds. The van der Waals surface area contributed by atoms with Gasteiger partial charge in [-0.15, -0.1) is 5.92 Å². The lowest BCUT2D eigenvalue weighted by molar-refractivity contribution is -0.138. The summed E-state index contributed by atoms with van der Waals surface area (Å²) in [5.74, 6) is 4.33. The van der Waals surface area contributed by atoms with Gasteiger partial charge in [0.2, 0.25) is 47.3 Å². The van der Waals surface area contributed by atoms with E-state index >= 15 is 0 Å². The van der Waals surface area contributed by atoms with Gasteiger partial charge in [-0.1, -0.05) is 163 Å². The molecule has 4 saturated heterocycles. The van der Waals surface area contributed by atoms with Gasteiger partial charge < -0.3 is 29.7 Å². The standard InChI is InChI=1S/4C14H14N2O2.C7H12.C6H14.C5H13N.C5H12O/c4*1-9-11-5-3-2-4-10(11)8-16(9)12-6-7-13(17)15-14(12)18;1-5-6-7(2,3)4;1-5-6(2,3)4;2*1-5(2,3)6-4/h4*2-5,12H,1,6-8H2,(H,15,17,18);1-4H3;5H2,1-4H3;6H,1-4H3;1-4H3. The van der Waals surface area contributed by atoms with E-state index in [-0.39, 0.29) is 82.4 Å². The Hall–Kier alpha value is -8.92. The molecule has 4 atom stereocenters. The molecule has 4 fully saturated rings. The number of piperidine rings is 4. The van der Waals surface area contributed by atoms with E-state index in [2.05, 4.69) is 134 Å². The summed E-state index contributed by atoms with van der Waals surface area (Å²) in [4.78, 5) is 100. The molecule has 8 heterocycles. The normalized spacial score (nSPS) is 20.0. The summed E-state index contributed by atoms with van der Waals surface area (Å²) in [6, 6.07) is 31.0. The van der Waals surface area contributed by atoms with E-state index in [0.717, 1.165) is 45.0 Å². The number of rotatable bonds is 4. The number of imide groups is 4. The van der Waals surface area contributed by atoms with Crippen LogP contribution in [0.25, 0.3) is 22.8 Å². The minimum Gasteiger partial charge on any atom is -0.379 e. The first-order valence-electron chi connectivity index (χ1n) is 33.6. The van der Waals surface area contributed by atoms with Crippen LogP contribution in [0.3, 0.4) is 0 Å². The number of fused-ring (bicyclic) bond motifs is 4. The zero-order valence-corrected chi connectivity index (χ0v) is 60.5.